The number of allylic oxidation sites excluding steroid dienone is 2. The van der Waals surface area contributed by atoms with Gasteiger partial charge in [-0.15, -0.1) is 0 Å². The van der Waals surface area contributed by atoms with Gasteiger partial charge < -0.3 is 50.5 Å². The first kappa shape index (κ1) is 50.9. The van der Waals surface area contributed by atoms with Crippen molar-refractivity contribution < 1.29 is 50.0 Å². The lowest BCUT2D eigenvalue weighted by atomic mass is 9.98. The van der Waals surface area contributed by atoms with E-state index < -0.39 is 74.2 Å². The molecular weight excluding hydrogens is 690 g/mol. The molecule has 1 fully saturated rings. The topological polar surface area (TPSA) is 189 Å². The maximum absolute atomic E-state index is 13.0. The van der Waals surface area contributed by atoms with Gasteiger partial charge in [-0.25, -0.2) is 0 Å². The number of rotatable bonds is 36. The summed E-state index contributed by atoms with van der Waals surface area (Å²) in [6.45, 7) is 3.40. The first-order chi connectivity index (χ1) is 26.2. The van der Waals surface area contributed by atoms with Crippen LogP contribution in [0.4, 0.5) is 0 Å². The normalized spacial score (nSPS) is 22.7. The van der Waals surface area contributed by atoms with Crippen molar-refractivity contribution in [2.75, 3.05) is 13.2 Å². The highest BCUT2D eigenvalue weighted by Gasteiger charge is 2.44. The van der Waals surface area contributed by atoms with Crippen LogP contribution in [0.25, 0.3) is 0 Å². The van der Waals surface area contributed by atoms with E-state index in [1.807, 2.05) is 0 Å². The first-order valence-electron chi connectivity index (χ1n) is 22.1. The maximum Gasteiger partial charge on any atom is 0.249 e. The van der Waals surface area contributed by atoms with Gasteiger partial charge in [0.15, 0.2) is 6.29 Å². The number of hydrogen-bond acceptors (Lipinski definition) is 10. The van der Waals surface area contributed by atoms with Crippen LogP contribution in [-0.4, -0.2) is 110 Å². The molecule has 0 aliphatic carbocycles. The summed E-state index contributed by atoms with van der Waals surface area (Å²) in [4.78, 5) is 13.0. The molecule has 0 aromatic carbocycles. The van der Waals surface area contributed by atoms with E-state index in [1.165, 1.54) is 109 Å². The van der Waals surface area contributed by atoms with Crippen molar-refractivity contribution in [1.82, 2.24) is 5.32 Å². The number of amides is 1. The number of hydrogen-bond donors (Lipinski definition) is 8. The average Bonchev–Trinajstić information content (AvgIpc) is 3.17. The Morgan fingerprint density at radius 1 is 0.630 bits per heavy atom. The van der Waals surface area contributed by atoms with Gasteiger partial charge in [-0.1, -0.05) is 161 Å². The highest BCUT2D eigenvalue weighted by atomic mass is 16.7. The van der Waals surface area contributed by atoms with Crippen molar-refractivity contribution in [2.24, 2.45) is 0 Å². The molecule has 11 nitrogen and oxygen atoms in total. The summed E-state index contributed by atoms with van der Waals surface area (Å²) < 4.78 is 11.0. The minimum Gasteiger partial charge on any atom is -0.394 e. The summed E-state index contributed by atoms with van der Waals surface area (Å²) in [7, 11) is 0. The van der Waals surface area contributed by atoms with E-state index in [1.54, 1.807) is 0 Å². The quantitative estimate of drug-likeness (QED) is 0.0258. The standard InChI is InChI=1S/C43H83NO10/c1-3-5-7-9-11-13-15-17-18-19-21-23-25-27-29-31-36(47)42(52)44-34(33-53-43-41(51)40(50)39(49)37(32-45)54-43)38(48)35(46)30-28-26-24-22-20-16-14-12-10-8-6-4-2/h22,24,34-41,43,45-51H,3-21,23,25-33H2,1-2H3,(H,44,52)/b24-22+. The summed E-state index contributed by atoms with van der Waals surface area (Å²) in [6, 6.07) is -1.18. The molecule has 9 unspecified atom stereocenters. The molecule has 1 heterocycles. The minimum atomic E-state index is -1.66. The molecule has 54 heavy (non-hydrogen) atoms. The monoisotopic (exact) mass is 774 g/mol. The van der Waals surface area contributed by atoms with Gasteiger partial charge in [0.25, 0.3) is 0 Å². The molecule has 1 amide bonds. The second-order valence-electron chi connectivity index (χ2n) is 15.8. The second kappa shape index (κ2) is 33.9. The van der Waals surface area contributed by atoms with Crippen molar-refractivity contribution in [2.45, 2.75) is 242 Å². The van der Waals surface area contributed by atoms with Crippen molar-refractivity contribution >= 4 is 5.91 Å². The summed E-state index contributed by atoms with van der Waals surface area (Å²) >= 11 is 0. The molecular formula is C43H83NO10. The minimum absolute atomic E-state index is 0.258. The summed E-state index contributed by atoms with van der Waals surface area (Å²) in [5.41, 5.74) is 0. The second-order valence-corrected chi connectivity index (χ2v) is 15.8. The third-order valence-corrected chi connectivity index (χ3v) is 10.8. The third-order valence-electron chi connectivity index (χ3n) is 10.8. The number of ether oxygens (including phenoxy) is 2. The Labute approximate surface area is 328 Å². The lowest BCUT2D eigenvalue weighted by Gasteiger charge is -2.40. The lowest BCUT2D eigenvalue weighted by molar-refractivity contribution is -0.303. The predicted octanol–water partition coefficient (Wildman–Crippen LogP) is 6.50. The molecule has 0 aromatic rings. The van der Waals surface area contributed by atoms with Crippen LogP contribution in [-0.2, 0) is 14.3 Å². The SMILES string of the molecule is CCCCCCCCC/C=C/CCCC(O)C(O)C(COC1OC(CO)C(O)C(O)C1O)NC(=O)C(O)CCCCCCCCCCCCCCCCC. The van der Waals surface area contributed by atoms with Crippen LogP contribution in [0, 0.1) is 0 Å². The van der Waals surface area contributed by atoms with E-state index in [0.717, 1.165) is 38.5 Å². The van der Waals surface area contributed by atoms with E-state index in [-0.39, 0.29) is 12.8 Å². The fourth-order valence-electron chi connectivity index (χ4n) is 7.09. The molecule has 1 aliphatic heterocycles. The number of carbonyl (C=O) groups excluding carboxylic acids is 1. The molecule has 1 aliphatic rings. The fraction of sp³-hybridized carbons (Fsp3) is 0.930. The molecule has 320 valence electrons. The average molecular weight is 774 g/mol. The Bertz CT molecular complexity index is 892. The third kappa shape index (κ3) is 23.8. The van der Waals surface area contributed by atoms with E-state index in [0.29, 0.717) is 12.8 Å². The number of aliphatic hydroxyl groups is 7. The van der Waals surface area contributed by atoms with Crippen molar-refractivity contribution in [1.29, 1.82) is 0 Å². The van der Waals surface area contributed by atoms with Crippen molar-refractivity contribution in [3.05, 3.63) is 12.2 Å². The molecule has 0 radical (unpaired) electrons. The van der Waals surface area contributed by atoms with Gasteiger partial charge in [-0.05, 0) is 38.5 Å². The van der Waals surface area contributed by atoms with Crippen LogP contribution in [0.15, 0.2) is 12.2 Å². The zero-order valence-corrected chi connectivity index (χ0v) is 34.2. The van der Waals surface area contributed by atoms with E-state index in [2.05, 4.69) is 31.3 Å². The van der Waals surface area contributed by atoms with E-state index in [9.17, 15) is 40.5 Å². The summed E-state index contributed by atoms with van der Waals surface area (Å²) in [6.07, 6.45) is 22.7. The molecule has 9 atom stereocenters. The van der Waals surface area contributed by atoms with Gasteiger partial charge in [0.05, 0.1) is 25.4 Å². The number of carbonyl (C=O) groups is 1. The van der Waals surface area contributed by atoms with Gasteiger partial charge >= 0.3 is 0 Å². The van der Waals surface area contributed by atoms with Crippen molar-refractivity contribution in [3.8, 4) is 0 Å². The molecule has 0 saturated carbocycles. The highest BCUT2D eigenvalue weighted by molar-refractivity contribution is 5.80. The Morgan fingerprint density at radius 2 is 1.09 bits per heavy atom. The van der Waals surface area contributed by atoms with Gasteiger partial charge in [-0.3, -0.25) is 4.79 Å². The zero-order valence-electron chi connectivity index (χ0n) is 34.2. The fourth-order valence-corrected chi connectivity index (χ4v) is 7.09. The molecule has 0 bridgehead atoms. The number of nitrogens with one attached hydrogen (secondary N) is 1. The number of unbranched alkanes of at least 4 members (excludes halogenated alkanes) is 22. The van der Waals surface area contributed by atoms with E-state index >= 15 is 0 Å². The van der Waals surface area contributed by atoms with Gasteiger partial charge in [0, 0.05) is 0 Å². The largest absolute Gasteiger partial charge is 0.394 e. The lowest BCUT2D eigenvalue weighted by Crippen LogP contribution is -2.60. The zero-order chi connectivity index (χ0) is 39.8. The Balaban J connectivity index is 2.50. The predicted molar refractivity (Wildman–Crippen MR) is 215 cm³/mol. The van der Waals surface area contributed by atoms with Gasteiger partial charge in [0.1, 0.15) is 36.6 Å². The summed E-state index contributed by atoms with van der Waals surface area (Å²) in [5, 5.41) is 75.4. The highest BCUT2D eigenvalue weighted by Crippen LogP contribution is 2.23. The maximum atomic E-state index is 13.0. The van der Waals surface area contributed by atoms with Gasteiger partial charge in [0.2, 0.25) is 5.91 Å². The molecule has 0 aromatic heterocycles. The van der Waals surface area contributed by atoms with Gasteiger partial charge in [-0.2, -0.15) is 0 Å². The first-order valence-corrected chi connectivity index (χ1v) is 22.1. The Kier molecular flexibility index (Phi) is 32.0. The Morgan fingerprint density at radius 3 is 1.59 bits per heavy atom. The van der Waals surface area contributed by atoms with Crippen LogP contribution >= 0.6 is 0 Å². The van der Waals surface area contributed by atoms with E-state index in [4.69, 9.17) is 9.47 Å². The smallest absolute Gasteiger partial charge is 0.249 e. The van der Waals surface area contributed by atoms with Crippen molar-refractivity contribution in [3.63, 3.8) is 0 Å². The molecule has 1 rings (SSSR count). The van der Waals surface area contributed by atoms with Crippen LogP contribution in [0.5, 0.6) is 0 Å². The molecule has 1 saturated heterocycles. The Hall–Kier alpha value is -1.15. The van der Waals surface area contributed by atoms with Crippen LogP contribution in [0.1, 0.15) is 187 Å². The van der Waals surface area contributed by atoms with Crippen LogP contribution < -0.4 is 5.32 Å². The molecule has 11 heteroatoms. The number of aliphatic hydroxyl groups excluding tert-OH is 7. The molecule has 0 spiro atoms. The van der Waals surface area contributed by atoms with Crippen LogP contribution in [0.2, 0.25) is 0 Å². The van der Waals surface area contributed by atoms with Crippen LogP contribution in [0.3, 0.4) is 0 Å². The summed E-state index contributed by atoms with van der Waals surface area (Å²) in [5.74, 6) is -0.706. The molecule has 8 N–H and O–H groups in total.